The summed E-state index contributed by atoms with van der Waals surface area (Å²) >= 11 is 0. The van der Waals surface area contributed by atoms with Crippen LogP contribution in [-0.4, -0.2) is 55.6 Å². The number of piperazine rings is 1. The van der Waals surface area contributed by atoms with Gasteiger partial charge in [-0.3, -0.25) is 9.69 Å². The molecule has 1 saturated heterocycles. The van der Waals surface area contributed by atoms with Crippen LogP contribution in [0.25, 0.3) is 0 Å². The van der Waals surface area contributed by atoms with Crippen LogP contribution in [0.2, 0.25) is 0 Å². The largest absolute Gasteiger partial charge is 0.416 e. The molecule has 1 aliphatic rings. The molecule has 4 nitrogen and oxygen atoms in total. The maximum absolute atomic E-state index is 12.6. The van der Waals surface area contributed by atoms with Crippen LogP contribution < -0.4 is 5.32 Å². The molecule has 2 rings (SSSR count). The summed E-state index contributed by atoms with van der Waals surface area (Å²) in [6.45, 7) is 3.85. The minimum Gasteiger partial charge on any atom is -0.339 e. The molecule has 0 radical (unpaired) electrons. The highest BCUT2D eigenvalue weighted by Crippen LogP contribution is 2.29. The molecule has 0 spiro atoms. The van der Waals surface area contributed by atoms with Crippen molar-refractivity contribution in [2.24, 2.45) is 0 Å². The van der Waals surface area contributed by atoms with E-state index in [-0.39, 0.29) is 5.56 Å². The van der Waals surface area contributed by atoms with Crippen molar-refractivity contribution in [2.75, 3.05) is 39.9 Å². The Hall–Kier alpha value is -1.60. The molecule has 0 aliphatic carbocycles. The molecule has 116 valence electrons. The van der Waals surface area contributed by atoms with Crippen LogP contribution in [0.5, 0.6) is 0 Å². The summed E-state index contributed by atoms with van der Waals surface area (Å²) in [5, 5.41) is 2.66. The second kappa shape index (κ2) is 6.44. The lowest BCUT2D eigenvalue weighted by atomic mass is 10.1. The first kappa shape index (κ1) is 15.8. The number of hydrogen-bond donors (Lipinski definition) is 1. The van der Waals surface area contributed by atoms with Gasteiger partial charge < -0.3 is 10.2 Å². The molecule has 0 saturated carbocycles. The number of likely N-dealkylation sites (N-methyl/N-ethyl adjacent to an activating group) is 1. The van der Waals surface area contributed by atoms with Crippen molar-refractivity contribution >= 4 is 5.91 Å². The SMILES string of the molecule is CN1CCN(CNC(=O)c2cccc(C(F)(F)F)c2)CC1. The Bertz CT molecular complexity index is 496. The number of nitrogens with one attached hydrogen (secondary N) is 1. The Balaban J connectivity index is 1.91. The zero-order valence-electron chi connectivity index (χ0n) is 11.8. The first-order valence-electron chi connectivity index (χ1n) is 6.72. The van der Waals surface area contributed by atoms with E-state index < -0.39 is 17.6 Å². The van der Waals surface area contributed by atoms with Crippen molar-refractivity contribution in [3.8, 4) is 0 Å². The maximum Gasteiger partial charge on any atom is 0.416 e. The van der Waals surface area contributed by atoms with E-state index in [2.05, 4.69) is 15.1 Å². The molecular weight excluding hydrogens is 283 g/mol. The lowest BCUT2D eigenvalue weighted by molar-refractivity contribution is -0.137. The summed E-state index contributed by atoms with van der Waals surface area (Å²) in [5.74, 6) is -0.486. The summed E-state index contributed by atoms with van der Waals surface area (Å²) in [4.78, 5) is 16.2. The minimum atomic E-state index is -4.44. The van der Waals surface area contributed by atoms with Gasteiger partial charge >= 0.3 is 6.18 Å². The third-order valence-electron chi connectivity index (χ3n) is 3.51. The Labute approximate surface area is 121 Å². The van der Waals surface area contributed by atoms with Crippen LogP contribution in [0, 0.1) is 0 Å². The van der Waals surface area contributed by atoms with Gasteiger partial charge in [-0.15, -0.1) is 0 Å². The fraction of sp³-hybridized carbons (Fsp3) is 0.500. The highest BCUT2D eigenvalue weighted by atomic mass is 19.4. The van der Waals surface area contributed by atoms with Gasteiger partial charge in [0.2, 0.25) is 0 Å². The molecule has 1 aromatic rings. The van der Waals surface area contributed by atoms with Gasteiger partial charge in [-0.05, 0) is 25.2 Å². The van der Waals surface area contributed by atoms with Crippen molar-refractivity contribution in [2.45, 2.75) is 6.18 Å². The van der Waals surface area contributed by atoms with E-state index in [4.69, 9.17) is 0 Å². The van der Waals surface area contributed by atoms with Gasteiger partial charge in [0.1, 0.15) is 0 Å². The van der Waals surface area contributed by atoms with Crippen LogP contribution in [-0.2, 0) is 6.18 Å². The Morgan fingerprint density at radius 1 is 1.24 bits per heavy atom. The lowest BCUT2D eigenvalue weighted by Gasteiger charge is -2.32. The molecule has 0 unspecified atom stereocenters. The van der Waals surface area contributed by atoms with Gasteiger partial charge in [-0.1, -0.05) is 6.07 Å². The summed E-state index contributed by atoms with van der Waals surface area (Å²) in [5.41, 5.74) is -0.784. The van der Waals surface area contributed by atoms with Crippen LogP contribution in [0.15, 0.2) is 24.3 Å². The maximum atomic E-state index is 12.6. The first-order valence-corrected chi connectivity index (χ1v) is 6.72. The summed E-state index contributed by atoms with van der Waals surface area (Å²) in [6.07, 6.45) is -4.44. The van der Waals surface area contributed by atoms with E-state index in [1.807, 2.05) is 7.05 Å². The number of carbonyl (C=O) groups is 1. The fourth-order valence-corrected chi connectivity index (χ4v) is 2.13. The molecule has 7 heteroatoms. The van der Waals surface area contributed by atoms with Gasteiger partial charge in [0.05, 0.1) is 12.2 Å². The van der Waals surface area contributed by atoms with Gasteiger partial charge in [-0.25, -0.2) is 0 Å². The predicted molar refractivity (Wildman–Crippen MR) is 72.8 cm³/mol. The van der Waals surface area contributed by atoms with Gasteiger partial charge in [0.15, 0.2) is 0 Å². The molecule has 1 fully saturated rings. The molecule has 0 bridgehead atoms. The number of alkyl halides is 3. The van der Waals surface area contributed by atoms with E-state index in [1.54, 1.807) is 0 Å². The second-order valence-electron chi connectivity index (χ2n) is 5.16. The number of amides is 1. The van der Waals surface area contributed by atoms with Crippen molar-refractivity contribution in [1.82, 2.24) is 15.1 Å². The molecule has 1 aromatic carbocycles. The zero-order valence-corrected chi connectivity index (χ0v) is 11.8. The molecule has 0 aromatic heterocycles. The Morgan fingerprint density at radius 2 is 1.90 bits per heavy atom. The average Bonchev–Trinajstić information content (AvgIpc) is 2.45. The van der Waals surface area contributed by atoms with Crippen LogP contribution >= 0.6 is 0 Å². The van der Waals surface area contributed by atoms with E-state index >= 15 is 0 Å². The van der Waals surface area contributed by atoms with Crippen LogP contribution in [0.4, 0.5) is 13.2 Å². The zero-order chi connectivity index (χ0) is 15.5. The fourth-order valence-electron chi connectivity index (χ4n) is 2.13. The monoisotopic (exact) mass is 301 g/mol. The predicted octanol–water partition coefficient (Wildman–Crippen LogP) is 1.64. The van der Waals surface area contributed by atoms with Crippen molar-refractivity contribution in [1.29, 1.82) is 0 Å². The molecule has 1 heterocycles. The van der Waals surface area contributed by atoms with Gasteiger partial charge in [-0.2, -0.15) is 13.2 Å². The Kier molecular flexibility index (Phi) is 4.84. The quantitative estimate of drug-likeness (QED) is 0.922. The normalized spacial score (nSPS) is 17.7. The third kappa shape index (κ3) is 4.44. The van der Waals surface area contributed by atoms with E-state index in [1.165, 1.54) is 12.1 Å². The standard InChI is InChI=1S/C14H18F3N3O/c1-19-5-7-20(8-6-19)10-18-13(21)11-3-2-4-12(9-11)14(15,16)17/h2-4,9H,5-8,10H2,1H3,(H,18,21). The number of carbonyl (C=O) groups excluding carboxylic acids is 1. The molecular formula is C14H18F3N3O. The van der Waals surface area contributed by atoms with Crippen molar-refractivity contribution in [3.05, 3.63) is 35.4 Å². The highest BCUT2D eigenvalue weighted by Gasteiger charge is 2.30. The van der Waals surface area contributed by atoms with E-state index in [0.717, 1.165) is 38.3 Å². The summed E-state index contributed by atoms with van der Waals surface area (Å²) < 4.78 is 37.8. The van der Waals surface area contributed by atoms with Gasteiger partial charge in [0.25, 0.3) is 5.91 Å². The van der Waals surface area contributed by atoms with Crippen LogP contribution in [0.3, 0.4) is 0 Å². The van der Waals surface area contributed by atoms with Crippen molar-refractivity contribution in [3.63, 3.8) is 0 Å². The van der Waals surface area contributed by atoms with Crippen molar-refractivity contribution < 1.29 is 18.0 Å². The molecule has 0 atom stereocenters. The average molecular weight is 301 g/mol. The number of hydrogen-bond acceptors (Lipinski definition) is 3. The topological polar surface area (TPSA) is 35.6 Å². The number of halogens is 3. The lowest BCUT2D eigenvalue weighted by Crippen LogP contribution is -2.48. The number of benzene rings is 1. The van der Waals surface area contributed by atoms with E-state index in [0.29, 0.717) is 6.67 Å². The molecule has 21 heavy (non-hydrogen) atoms. The smallest absolute Gasteiger partial charge is 0.339 e. The third-order valence-corrected chi connectivity index (χ3v) is 3.51. The Morgan fingerprint density at radius 3 is 2.52 bits per heavy atom. The first-order chi connectivity index (χ1) is 9.86. The minimum absolute atomic E-state index is 0.0268. The molecule has 1 amide bonds. The van der Waals surface area contributed by atoms with Crippen LogP contribution in [0.1, 0.15) is 15.9 Å². The molecule has 1 aliphatic heterocycles. The number of nitrogens with zero attached hydrogens (tertiary/aromatic N) is 2. The number of rotatable bonds is 3. The summed E-state index contributed by atoms with van der Waals surface area (Å²) in [7, 11) is 2.03. The summed E-state index contributed by atoms with van der Waals surface area (Å²) in [6, 6.07) is 4.46. The highest BCUT2D eigenvalue weighted by molar-refractivity contribution is 5.94. The second-order valence-corrected chi connectivity index (χ2v) is 5.16. The molecule has 1 N–H and O–H groups in total. The van der Waals surface area contributed by atoms with Gasteiger partial charge in [0, 0.05) is 31.7 Å². The van der Waals surface area contributed by atoms with E-state index in [9.17, 15) is 18.0 Å².